The summed E-state index contributed by atoms with van der Waals surface area (Å²) in [6, 6.07) is 12.2. The Hall–Kier alpha value is -2.60. The van der Waals surface area contributed by atoms with Crippen LogP contribution >= 0.6 is 11.6 Å². The molecule has 0 heterocycles. The number of amides is 2. The van der Waals surface area contributed by atoms with Gasteiger partial charge in [0.15, 0.2) is 0 Å². The Kier molecular flexibility index (Phi) is 8.91. The zero-order valence-corrected chi connectivity index (χ0v) is 19.1. The van der Waals surface area contributed by atoms with E-state index in [9.17, 15) is 14.0 Å². The molecule has 1 fully saturated rings. The summed E-state index contributed by atoms with van der Waals surface area (Å²) in [6.45, 7) is 0.118. The first-order valence-electron chi connectivity index (χ1n) is 11.1. The Morgan fingerprint density at radius 1 is 1.09 bits per heavy atom. The Morgan fingerprint density at radius 2 is 1.75 bits per heavy atom. The van der Waals surface area contributed by atoms with Gasteiger partial charge in [0.05, 0.1) is 7.11 Å². The standard InChI is InChI=1S/C25H30ClFN2O3/c1-32-20-14-12-18(13-15-20)17-29(23(30)16-26)24(21-10-6-7-11-22(21)27)25(31)28-19-8-4-2-3-5-9-19/h6-7,10-15,19,24H,2-5,8-9,16-17H2,1H3,(H,28,31)/t24-/m1/s1. The third kappa shape index (κ3) is 6.22. The number of halogens is 2. The van der Waals surface area contributed by atoms with Crippen LogP contribution in [0, 0.1) is 5.82 Å². The van der Waals surface area contributed by atoms with Gasteiger partial charge < -0.3 is 15.0 Å². The molecule has 0 bridgehead atoms. The van der Waals surface area contributed by atoms with Crippen molar-refractivity contribution in [3.63, 3.8) is 0 Å². The number of hydrogen-bond donors (Lipinski definition) is 1. The minimum atomic E-state index is -1.12. The number of alkyl halides is 1. The second kappa shape index (κ2) is 11.9. The van der Waals surface area contributed by atoms with E-state index >= 15 is 0 Å². The number of methoxy groups -OCH3 is 1. The second-order valence-electron chi connectivity index (χ2n) is 8.12. The molecule has 2 amide bonds. The van der Waals surface area contributed by atoms with Crippen LogP contribution in [0.25, 0.3) is 0 Å². The second-order valence-corrected chi connectivity index (χ2v) is 8.39. The van der Waals surface area contributed by atoms with E-state index < -0.39 is 17.8 Å². The van der Waals surface area contributed by atoms with E-state index in [-0.39, 0.29) is 29.9 Å². The first-order chi connectivity index (χ1) is 15.5. The number of hydrogen-bond acceptors (Lipinski definition) is 3. The molecule has 7 heteroatoms. The lowest BCUT2D eigenvalue weighted by Crippen LogP contribution is -2.47. The SMILES string of the molecule is COc1ccc(CN(C(=O)CCl)[C@@H](C(=O)NC2CCCCCC2)c2ccccc2F)cc1. The predicted octanol–water partition coefficient (Wildman–Crippen LogP) is 4.98. The minimum absolute atomic E-state index is 0.0215. The van der Waals surface area contributed by atoms with Gasteiger partial charge in [0.2, 0.25) is 11.8 Å². The highest BCUT2D eigenvalue weighted by atomic mass is 35.5. The van der Waals surface area contributed by atoms with Crippen molar-refractivity contribution in [2.75, 3.05) is 13.0 Å². The fourth-order valence-corrected chi connectivity index (χ4v) is 4.33. The molecule has 32 heavy (non-hydrogen) atoms. The number of benzene rings is 2. The van der Waals surface area contributed by atoms with Gasteiger partial charge in [-0.1, -0.05) is 56.0 Å². The van der Waals surface area contributed by atoms with Gasteiger partial charge in [-0.2, -0.15) is 0 Å². The van der Waals surface area contributed by atoms with Gasteiger partial charge in [-0.3, -0.25) is 9.59 Å². The van der Waals surface area contributed by atoms with E-state index in [0.717, 1.165) is 44.1 Å². The molecule has 5 nitrogen and oxygen atoms in total. The lowest BCUT2D eigenvalue weighted by atomic mass is 10.0. The first-order valence-corrected chi connectivity index (χ1v) is 11.6. The molecule has 2 aromatic rings. The summed E-state index contributed by atoms with van der Waals surface area (Å²) >= 11 is 5.91. The molecular formula is C25H30ClFN2O3. The number of nitrogens with zero attached hydrogens (tertiary/aromatic N) is 1. The zero-order chi connectivity index (χ0) is 22.9. The lowest BCUT2D eigenvalue weighted by molar-refractivity contribution is -0.140. The van der Waals surface area contributed by atoms with Crippen molar-refractivity contribution in [1.29, 1.82) is 0 Å². The molecule has 1 N–H and O–H groups in total. The van der Waals surface area contributed by atoms with Crippen LogP contribution in [0.4, 0.5) is 4.39 Å². The average molecular weight is 461 g/mol. The number of rotatable bonds is 8. The van der Waals surface area contributed by atoms with Gasteiger partial charge in [-0.15, -0.1) is 11.6 Å². The average Bonchev–Trinajstić information content (AvgIpc) is 3.08. The lowest BCUT2D eigenvalue weighted by Gasteiger charge is -2.32. The van der Waals surface area contributed by atoms with E-state index in [2.05, 4.69) is 5.32 Å². The van der Waals surface area contributed by atoms with Crippen LogP contribution in [-0.2, 0) is 16.1 Å². The third-order valence-electron chi connectivity index (χ3n) is 5.91. The molecule has 2 aromatic carbocycles. The third-order valence-corrected chi connectivity index (χ3v) is 6.14. The Bertz CT molecular complexity index is 898. The molecule has 1 atom stereocenters. The van der Waals surface area contributed by atoms with Gasteiger partial charge in [-0.05, 0) is 36.6 Å². The summed E-state index contributed by atoms with van der Waals surface area (Å²) in [4.78, 5) is 27.7. The van der Waals surface area contributed by atoms with Crippen molar-refractivity contribution in [3.8, 4) is 5.75 Å². The first kappa shape index (κ1) is 24.1. The maximum atomic E-state index is 14.8. The summed E-state index contributed by atoms with van der Waals surface area (Å²) in [5.41, 5.74) is 0.943. The van der Waals surface area contributed by atoms with Gasteiger partial charge in [0.25, 0.3) is 0 Å². The molecule has 1 aliphatic rings. The van der Waals surface area contributed by atoms with Crippen molar-refractivity contribution in [2.24, 2.45) is 0 Å². The minimum Gasteiger partial charge on any atom is -0.497 e. The van der Waals surface area contributed by atoms with E-state index in [1.807, 2.05) is 12.1 Å². The number of carbonyl (C=O) groups is 2. The Balaban J connectivity index is 1.94. The van der Waals surface area contributed by atoms with Crippen molar-refractivity contribution >= 4 is 23.4 Å². The maximum Gasteiger partial charge on any atom is 0.247 e. The summed E-state index contributed by atoms with van der Waals surface area (Å²) in [7, 11) is 1.57. The summed E-state index contributed by atoms with van der Waals surface area (Å²) < 4.78 is 20.0. The fraction of sp³-hybridized carbons (Fsp3) is 0.440. The quantitative estimate of drug-likeness (QED) is 0.446. The molecule has 0 spiro atoms. The monoisotopic (exact) mass is 460 g/mol. The Morgan fingerprint density at radius 3 is 2.34 bits per heavy atom. The highest BCUT2D eigenvalue weighted by molar-refractivity contribution is 6.27. The summed E-state index contributed by atoms with van der Waals surface area (Å²) in [5, 5.41) is 3.09. The predicted molar refractivity (Wildman–Crippen MR) is 123 cm³/mol. The van der Waals surface area contributed by atoms with Crippen LogP contribution in [0.1, 0.15) is 55.7 Å². The number of nitrogens with one attached hydrogen (secondary N) is 1. The summed E-state index contributed by atoms with van der Waals surface area (Å²) in [5.74, 6) is -0.977. The molecule has 0 aromatic heterocycles. The maximum absolute atomic E-state index is 14.8. The van der Waals surface area contributed by atoms with Gasteiger partial charge in [0, 0.05) is 18.2 Å². The molecular weight excluding hydrogens is 431 g/mol. The van der Waals surface area contributed by atoms with E-state index in [0.29, 0.717) is 5.75 Å². The molecule has 0 aliphatic heterocycles. The Labute approximate surface area is 193 Å². The zero-order valence-electron chi connectivity index (χ0n) is 18.4. The van der Waals surface area contributed by atoms with Crippen molar-refractivity contribution < 1.29 is 18.7 Å². The topological polar surface area (TPSA) is 58.6 Å². The van der Waals surface area contributed by atoms with Crippen molar-refractivity contribution in [3.05, 3.63) is 65.5 Å². The number of ether oxygens (including phenoxy) is 1. The fourth-order valence-electron chi connectivity index (χ4n) is 4.18. The normalized spacial score (nSPS) is 15.5. The van der Waals surface area contributed by atoms with E-state index in [1.165, 1.54) is 11.0 Å². The van der Waals surface area contributed by atoms with Crippen LogP contribution in [0.5, 0.6) is 5.75 Å². The van der Waals surface area contributed by atoms with Crippen LogP contribution in [0.15, 0.2) is 48.5 Å². The molecule has 3 rings (SSSR count). The molecule has 172 valence electrons. The van der Waals surface area contributed by atoms with Gasteiger partial charge >= 0.3 is 0 Å². The van der Waals surface area contributed by atoms with Crippen molar-refractivity contribution in [2.45, 2.75) is 57.2 Å². The van der Waals surface area contributed by atoms with Crippen LogP contribution in [0.3, 0.4) is 0 Å². The molecule has 1 aliphatic carbocycles. The highest BCUT2D eigenvalue weighted by Crippen LogP contribution is 2.28. The largest absolute Gasteiger partial charge is 0.497 e. The van der Waals surface area contributed by atoms with Crippen LogP contribution < -0.4 is 10.1 Å². The smallest absolute Gasteiger partial charge is 0.247 e. The molecule has 0 unspecified atom stereocenters. The van der Waals surface area contributed by atoms with Crippen LogP contribution in [0.2, 0.25) is 0 Å². The molecule has 1 saturated carbocycles. The highest BCUT2D eigenvalue weighted by Gasteiger charge is 2.34. The van der Waals surface area contributed by atoms with E-state index in [4.69, 9.17) is 16.3 Å². The molecule has 0 saturated heterocycles. The van der Waals surface area contributed by atoms with E-state index in [1.54, 1.807) is 37.4 Å². The van der Waals surface area contributed by atoms with Gasteiger partial charge in [-0.25, -0.2) is 4.39 Å². The summed E-state index contributed by atoms with van der Waals surface area (Å²) in [6.07, 6.45) is 6.17. The van der Waals surface area contributed by atoms with Crippen molar-refractivity contribution in [1.82, 2.24) is 10.2 Å². The van der Waals surface area contributed by atoms with Gasteiger partial charge in [0.1, 0.15) is 23.5 Å². The molecule has 0 radical (unpaired) electrons. The van der Waals surface area contributed by atoms with Crippen LogP contribution in [-0.4, -0.2) is 35.7 Å². The number of carbonyl (C=O) groups excluding carboxylic acids is 2.